The first-order chi connectivity index (χ1) is 8.16. The van der Waals surface area contributed by atoms with E-state index in [1.165, 1.54) is 55.4 Å². The van der Waals surface area contributed by atoms with E-state index in [1.807, 2.05) is 11.3 Å². The highest BCUT2D eigenvalue weighted by Gasteiger charge is 2.17. The lowest BCUT2D eigenvalue weighted by atomic mass is 9.85. The molecule has 1 atom stereocenters. The number of halogens is 1. The first kappa shape index (κ1) is 13.6. The van der Waals surface area contributed by atoms with Crippen LogP contribution in [0.1, 0.15) is 65.1 Å². The summed E-state index contributed by atoms with van der Waals surface area (Å²) in [5, 5.41) is 0. The molecule has 0 aliphatic heterocycles. The normalized spacial score (nSPS) is 19.5. The van der Waals surface area contributed by atoms with Gasteiger partial charge in [-0.2, -0.15) is 0 Å². The molecule has 1 aromatic heterocycles. The molecule has 0 bridgehead atoms. The van der Waals surface area contributed by atoms with E-state index in [1.54, 1.807) is 4.88 Å². The minimum Gasteiger partial charge on any atom is -0.144 e. The van der Waals surface area contributed by atoms with Crippen molar-refractivity contribution in [2.45, 2.75) is 63.6 Å². The highest BCUT2D eigenvalue weighted by molar-refractivity contribution is 9.09. The molecule has 1 fully saturated rings. The second-order valence-corrected chi connectivity index (χ2v) is 7.85. The second kappa shape index (κ2) is 6.38. The number of hydrogen-bond acceptors (Lipinski definition) is 1. The minimum atomic E-state index is 0.586. The molecule has 0 spiro atoms. The van der Waals surface area contributed by atoms with Gasteiger partial charge in [0, 0.05) is 14.6 Å². The Morgan fingerprint density at radius 3 is 2.59 bits per heavy atom. The molecule has 1 aliphatic carbocycles. The Labute approximate surface area is 118 Å². The van der Waals surface area contributed by atoms with Gasteiger partial charge in [0.25, 0.3) is 0 Å². The molecule has 1 heterocycles. The summed E-state index contributed by atoms with van der Waals surface area (Å²) in [6.07, 6.45) is 10.1. The number of aryl methyl sites for hydroxylation is 2. The molecule has 0 nitrogen and oxygen atoms in total. The lowest BCUT2D eigenvalue weighted by Gasteiger charge is -2.22. The van der Waals surface area contributed by atoms with Crippen molar-refractivity contribution in [2.24, 2.45) is 5.92 Å². The van der Waals surface area contributed by atoms with E-state index in [-0.39, 0.29) is 0 Å². The Morgan fingerprint density at radius 1 is 1.29 bits per heavy atom. The van der Waals surface area contributed by atoms with Crippen molar-refractivity contribution in [3.8, 4) is 0 Å². The van der Waals surface area contributed by atoms with Crippen molar-refractivity contribution in [3.05, 3.63) is 21.4 Å². The monoisotopic (exact) mass is 314 g/mol. The van der Waals surface area contributed by atoms with Gasteiger partial charge in [0.15, 0.2) is 0 Å². The third-order valence-corrected chi connectivity index (χ3v) is 6.40. The largest absolute Gasteiger partial charge is 0.144 e. The first-order valence-electron chi connectivity index (χ1n) is 6.88. The number of thiophene rings is 1. The van der Waals surface area contributed by atoms with E-state index in [0.717, 1.165) is 5.92 Å². The Bertz CT molecular complexity index is 350. The van der Waals surface area contributed by atoms with Gasteiger partial charge >= 0.3 is 0 Å². The third kappa shape index (κ3) is 3.82. The zero-order chi connectivity index (χ0) is 12.3. The van der Waals surface area contributed by atoms with Gasteiger partial charge in [0.1, 0.15) is 0 Å². The maximum Gasteiger partial charge on any atom is 0.0492 e. The smallest absolute Gasteiger partial charge is 0.0492 e. The maximum atomic E-state index is 3.89. The SMILES string of the molecule is Cc1cc(C)c(C(Br)CCC2CCCCC2)s1. The molecule has 2 heteroatoms. The molecule has 1 aliphatic rings. The van der Waals surface area contributed by atoms with Gasteiger partial charge in [-0.1, -0.05) is 48.0 Å². The summed E-state index contributed by atoms with van der Waals surface area (Å²) in [4.78, 5) is 3.58. The molecule has 1 saturated carbocycles. The van der Waals surface area contributed by atoms with E-state index in [4.69, 9.17) is 0 Å². The summed E-state index contributed by atoms with van der Waals surface area (Å²) >= 11 is 5.85. The minimum absolute atomic E-state index is 0.586. The van der Waals surface area contributed by atoms with E-state index < -0.39 is 0 Å². The van der Waals surface area contributed by atoms with Gasteiger partial charge in [-0.3, -0.25) is 0 Å². The predicted molar refractivity (Wildman–Crippen MR) is 81.3 cm³/mol. The van der Waals surface area contributed by atoms with Crippen LogP contribution >= 0.6 is 27.3 Å². The molecular formula is C15H23BrS. The van der Waals surface area contributed by atoms with Crippen molar-refractivity contribution in [1.82, 2.24) is 0 Å². The lowest BCUT2D eigenvalue weighted by Crippen LogP contribution is -2.06. The van der Waals surface area contributed by atoms with Gasteiger partial charge in [0.2, 0.25) is 0 Å². The highest BCUT2D eigenvalue weighted by Crippen LogP contribution is 2.38. The average Bonchev–Trinajstić information content (AvgIpc) is 2.67. The lowest BCUT2D eigenvalue weighted by molar-refractivity contribution is 0.332. The molecule has 0 saturated heterocycles. The fourth-order valence-corrected chi connectivity index (χ4v) is 4.91. The van der Waals surface area contributed by atoms with Crippen LogP contribution in [0.25, 0.3) is 0 Å². The van der Waals surface area contributed by atoms with Gasteiger partial charge in [-0.05, 0) is 44.2 Å². The van der Waals surface area contributed by atoms with Crippen molar-refractivity contribution in [3.63, 3.8) is 0 Å². The van der Waals surface area contributed by atoms with Crippen LogP contribution in [-0.2, 0) is 0 Å². The van der Waals surface area contributed by atoms with Crippen LogP contribution in [0.3, 0.4) is 0 Å². The van der Waals surface area contributed by atoms with E-state index in [0.29, 0.717) is 4.83 Å². The van der Waals surface area contributed by atoms with Crippen LogP contribution in [0.2, 0.25) is 0 Å². The topological polar surface area (TPSA) is 0 Å². The zero-order valence-electron chi connectivity index (χ0n) is 11.0. The summed E-state index contributed by atoms with van der Waals surface area (Å²) < 4.78 is 0. The van der Waals surface area contributed by atoms with E-state index in [9.17, 15) is 0 Å². The molecule has 0 N–H and O–H groups in total. The predicted octanol–water partition coefficient (Wildman–Crippen LogP) is 6.16. The molecule has 1 aromatic rings. The average molecular weight is 315 g/mol. The summed E-state index contributed by atoms with van der Waals surface area (Å²) in [6.45, 7) is 4.45. The Hall–Kier alpha value is 0.180. The van der Waals surface area contributed by atoms with Crippen LogP contribution in [0.4, 0.5) is 0 Å². The molecule has 0 amide bonds. The van der Waals surface area contributed by atoms with Crippen LogP contribution in [0.15, 0.2) is 6.07 Å². The van der Waals surface area contributed by atoms with Gasteiger partial charge in [-0.25, -0.2) is 0 Å². The fraction of sp³-hybridized carbons (Fsp3) is 0.733. The van der Waals surface area contributed by atoms with Crippen molar-refractivity contribution in [1.29, 1.82) is 0 Å². The summed E-state index contributed by atoms with van der Waals surface area (Å²) in [5.74, 6) is 1.00. The third-order valence-electron chi connectivity index (χ3n) is 3.92. The van der Waals surface area contributed by atoms with Crippen LogP contribution in [-0.4, -0.2) is 0 Å². The molecular weight excluding hydrogens is 292 g/mol. The number of rotatable bonds is 4. The molecule has 96 valence electrons. The van der Waals surface area contributed by atoms with Gasteiger partial charge in [-0.15, -0.1) is 11.3 Å². The number of alkyl halides is 1. The summed E-state index contributed by atoms with van der Waals surface area (Å²) in [5.41, 5.74) is 1.47. The van der Waals surface area contributed by atoms with Crippen LogP contribution < -0.4 is 0 Å². The Balaban J connectivity index is 1.84. The molecule has 1 unspecified atom stereocenters. The standard InChI is InChI=1S/C15H23BrS/c1-11-10-12(2)17-15(11)14(16)9-8-13-6-4-3-5-7-13/h10,13-14H,3-9H2,1-2H3. The summed E-state index contributed by atoms with van der Waals surface area (Å²) in [7, 11) is 0. The first-order valence-corrected chi connectivity index (χ1v) is 8.61. The fourth-order valence-electron chi connectivity index (χ4n) is 2.96. The molecule has 0 aromatic carbocycles. The summed E-state index contributed by atoms with van der Waals surface area (Å²) in [6, 6.07) is 2.31. The second-order valence-electron chi connectivity index (χ2n) is 5.45. The van der Waals surface area contributed by atoms with E-state index >= 15 is 0 Å². The quantitative estimate of drug-likeness (QED) is 0.584. The van der Waals surface area contributed by atoms with Gasteiger partial charge in [0.05, 0.1) is 0 Å². The van der Waals surface area contributed by atoms with Crippen molar-refractivity contribution < 1.29 is 0 Å². The molecule has 17 heavy (non-hydrogen) atoms. The zero-order valence-corrected chi connectivity index (χ0v) is 13.4. The molecule has 0 radical (unpaired) electrons. The molecule has 2 rings (SSSR count). The Kier molecular flexibility index (Phi) is 5.10. The number of hydrogen-bond donors (Lipinski definition) is 0. The maximum absolute atomic E-state index is 3.89. The van der Waals surface area contributed by atoms with Crippen molar-refractivity contribution >= 4 is 27.3 Å². The Morgan fingerprint density at radius 2 is 2.00 bits per heavy atom. The van der Waals surface area contributed by atoms with Gasteiger partial charge < -0.3 is 0 Å². The highest BCUT2D eigenvalue weighted by atomic mass is 79.9. The van der Waals surface area contributed by atoms with Crippen molar-refractivity contribution in [2.75, 3.05) is 0 Å². The van der Waals surface area contributed by atoms with Crippen LogP contribution in [0.5, 0.6) is 0 Å². The van der Waals surface area contributed by atoms with E-state index in [2.05, 4.69) is 35.8 Å². The van der Waals surface area contributed by atoms with Crippen LogP contribution in [0, 0.1) is 19.8 Å².